The highest BCUT2D eigenvalue weighted by molar-refractivity contribution is 5.99. The summed E-state index contributed by atoms with van der Waals surface area (Å²) in [6.45, 7) is 2.00. The van der Waals surface area contributed by atoms with E-state index in [9.17, 15) is 9.18 Å². The fourth-order valence-corrected chi connectivity index (χ4v) is 2.31. The Labute approximate surface area is 124 Å². The van der Waals surface area contributed by atoms with Gasteiger partial charge in [0.25, 0.3) is 5.91 Å². The van der Waals surface area contributed by atoms with Crippen LogP contribution in [0.4, 0.5) is 10.1 Å². The summed E-state index contributed by atoms with van der Waals surface area (Å²) in [5, 5.41) is 5.70. The van der Waals surface area contributed by atoms with Crippen LogP contribution in [0.5, 0.6) is 0 Å². The van der Waals surface area contributed by atoms with Crippen molar-refractivity contribution in [2.45, 2.75) is 19.4 Å². The van der Waals surface area contributed by atoms with Crippen LogP contribution in [-0.2, 0) is 0 Å². The van der Waals surface area contributed by atoms with Crippen LogP contribution in [0.25, 0.3) is 0 Å². The summed E-state index contributed by atoms with van der Waals surface area (Å²) in [5.74, 6) is -0.715. The molecule has 0 spiro atoms. The molecule has 2 aromatic carbocycles. The van der Waals surface area contributed by atoms with Gasteiger partial charge >= 0.3 is 0 Å². The molecule has 3 nitrogen and oxygen atoms in total. The van der Waals surface area contributed by atoms with E-state index in [0.717, 1.165) is 12.0 Å². The minimum atomic E-state index is -0.432. The summed E-state index contributed by atoms with van der Waals surface area (Å²) in [6.07, 6.45) is 0.764. The summed E-state index contributed by atoms with van der Waals surface area (Å²) in [7, 11) is 1.60. The molecule has 110 valence electrons. The van der Waals surface area contributed by atoms with Crippen LogP contribution in [0.1, 0.15) is 35.3 Å². The first-order valence-corrected chi connectivity index (χ1v) is 6.99. The highest BCUT2D eigenvalue weighted by Gasteiger charge is 2.18. The molecular formula is C17H19FN2O. The van der Waals surface area contributed by atoms with E-state index in [-0.39, 0.29) is 17.6 Å². The number of anilines is 1. The van der Waals surface area contributed by atoms with Gasteiger partial charge in [-0.15, -0.1) is 0 Å². The number of rotatable bonds is 5. The first-order valence-electron chi connectivity index (χ1n) is 6.99. The molecule has 2 N–H and O–H groups in total. The Bertz CT molecular complexity index is 613. The van der Waals surface area contributed by atoms with E-state index in [2.05, 4.69) is 10.6 Å². The fraction of sp³-hybridized carbons (Fsp3) is 0.235. The molecule has 1 unspecified atom stereocenters. The Hall–Kier alpha value is -2.36. The average Bonchev–Trinajstić information content (AvgIpc) is 2.53. The number of hydrogen-bond acceptors (Lipinski definition) is 2. The van der Waals surface area contributed by atoms with Crippen molar-refractivity contribution in [2.24, 2.45) is 0 Å². The van der Waals surface area contributed by atoms with E-state index in [1.165, 1.54) is 12.1 Å². The van der Waals surface area contributed by atoms with Crippen molar-refractivity contribution >= 4 is 11.6 Å². The number of carbonyl (C=O) groups excluding carboxylic acids is 1. The first kappa shape index (κ1) is 15.0. The third-order valence-corrected chi connectivity index (χ3v) is 3.42. The summed E-state index contributed by atoms with van der Waals surface area (Å²) < 4.78 is 13.7. The second-order valence-corrected chi connectivity index (χ2v) is 4.76. The highest BCUT2D eigenvalue weighted by Crippen LogP contribution is 2.22. The Morgan fingerprint density at radius 3 is 2.48 bits per heavy atom. The lowest BCUT2D eigenvalue weighted by Gasteiger charge is -2.18. The SMILES string of the molecule is CCC(NC(=O)c1cccc(F)c1NC)c1ccccc1. The molecule has 2 rings (SSSR count). The number of halogens is 1. The van der Waals surface area contributed by atoms with Gasteiger partial charge in [-0.2, -0.15) is 0 Å². The second-order valence-electron chi connectivity index (χ2n) is 4.76. The van der Waals surface area contributed by atoms with Gasteiger partial charge in [-0.25, -0.2) is 4.39 Å². The molecule has 21 heavy (non-hydrogen) atoms. The van der Waals surface area contributed by atoms with Gasteiger partial charge in [-0.05, 0) is 24.1 Å². The quantitative estimate of drug-likeness (QED) is 0.879. The normalized spacial score (nSPS) is 11.8. The van der Waals surface area contributed by atoms with Gasteiger partial charge < -0.3 is 10.6 Å². The zero-order valence-corrected chi connectivity index (χ0v) is 12.2. The maximum atomic E-state index is 13.7. The molecule has 0 aliphatic rings. The standard InChI is InChI=1S/C17H19FN2O/c1-3-15(12-8-5-4-6-9-12)20-17(21)13-10-7-11-14(18)16(13)19-2/h4-11,15,19H,3H2,1-2H3,(H,20,21). The maximum Gasteiger partial charge on any atom is 0.253 e. The zero-order valence-electron chi connectivity index (χ0n) is 12.2. The number of benzene rings is 2. The topological polar surface area (TPSA) is 41.1 Å². The second kappa shape index (κ2) is 6.88. The van der Waals surface area contributed by atoms with Crippen LogP contribution in [0.3, 0.4) is 0 Å². The molecule has 0 aromatic heterocycles. The molecule has 0 heterocycles. The van der Waals surface area contributed by atoms with Gasteiger partial charge in [0.1, 0.15) is 5.82 Å². The van der Waals surface area contributed by atoms with Gasteiger partial charge in [0.15, 0.2) is 0 Å². The Morgan fingerprint density at radius 2 is 1.86 bits per heavy atom. The lowest BCUT2D eigenvalue weighted by atomic mass is 10.0. The number of amides is 1. The summed E-state index contributed by atoms with van der Waals surface area (Å²) in [5.41, 5.74) is 1.57. The van der Waals surface area contributed by atoms with Gasteiger partial charge in [0.2, 0.25) is 0 Å². The Kier molecular flexibility index (Phi) is 4.93. The monoisotopic (exact) mass is 286 g/mol. The van der Waals surface area contributed by atoms with Crippen molar-refractivity contribution in [1.29, 1.82) is 0 Å². The third kappa shape index (κ3) is 3.40. The molecule has 4 heteroatoms. The van der Waals surface area contributed by atoms with Crippen LogP contribution in [-0.4, -0.2) is 13.0 Å². The molecule has 0 radical (unpaired) electrons. The molecule has 1 amide bonds. The van der Waals surface area contributed by atoms with Gasteiger partial charge in [-0.3, -0.25) is 4.79 Å². The molecule has 0 saturated heterocycles. The molecule has 0 aliphatic carbocycles. The van der Waals surface area contributed by atoms with Crippen molar-refractivity contribution < 1.29 is 9.18 Å². The predicted octanol–water partition coefficient (Wildman–Crippen LogP) is 3.75. The minimum absolute atomic E-state index is 0.0910. The van der Waals surface area contributed by atoms with E-state index >= 15 is 0 Å². The van der Waals surface area contributed by atoms with Gasteiger partial charge in [0.05, 0.1) is 17.3 Å². The molecular weight excluding hydrogens is 267 g/mol. The number of para-hydroxylation sites is 1. The first-order chi connectivity index (χ1) is 10.2. The van der Waals surface area contributed by atoms with Crippen molar-refractivity contribution in [3.8, 4) is 0 Å². The number of carbonyl (C=O) groups is 1. The van der Waals surface area contributed by atoms with E-state index in [4.69, 9.17) is 0 Å². The molecule has 0 saturated carbocycles. The van der Waals surface area contributed by atoms with Crippen molar-refractivity contribution in [3.63, 3.8) is 0 Å². The van der Waals surface area contributed by atoms with E-state index in [1.54, 1.807) is 13.1 Å². The Balaban J connectivity index is 2.23. The van der Waals surface area contributed by atoms with E-state index in [0.29, 0.717) is 5.56 Å². The van der Waals surface area contributed by atoms with Crippen molar-refractivity contribution in [1.82, 2.24) is 5.32 Å². The summed E-state index contributed by atoms with van der Waals surface area (Å²) in [4.78, 5) is 12.4. The highest BCUT2D eigenvalue weighted by atomic mass is 19.1. The molecule has 1 atom stereocenters. The van der Waals surface area contributed by atoms with Crippen molar-refractivity contribution in [3.05, 3.63) is 65.5 Å². The van der Waals surface area contributed by atoms with Gasteiger partial charge in [-0.1, -0.05) is 43.3 Å². The van der Waals surface area contributed by atoms with E-state index < -0.39 is 5.82 Å². The summed E-state index contributed by atoms with van der Waals surface area (Å²) in [6, 6.07) is 14.1. The van der Waals surface area contributed by atoms with Crippen LogP contribution in [0.15, 0.2) is 48.5 Å². The molecule has 0 bridgehead atoms. The molecule has 0 aliphatic heterocycles. The number of nitrogens with one attached hydrogen (secondary N) is 2. The van der Waals surface area contributed by atoms with Crippen LogP contribution in [0.2, 0.25) is 0 Å². The smallest absolute Gasteiger partial charge is 0.253 e. The Morgan fingerprint density at radius 1 is 1.14 bits per heavy atom. The zero-order chi connectivity index (χ0) is 15.2. The van der Waals surface area contributed by atoms with E-state index in [1.807, 2.05) is 37.3 Å². The van der Waals surface area contributed by atoms with Crippen LogP contribution in [0, 0.1) is 5.82 Å². The largest absolute Gasteiger partial charge is 0.385 e. The predicted molar refractivity (Wildman–Crippen MR) is 82.9 cm³/mol. The lowest BCUT2D eigenvalue weighted by molar-refractivity contribution is 0.0936. The van der Waals surface area contributed by atoms with Crippen LogP contribution >= 0.6 is 0 Å². The fourth-order valence-electron chi connectivity index (χ4n) is 2.31. The summed E-state index contributed by atoms with van der Waals surface area (Å²) >= 11 is 0. The molecule has 0 fully saturated rings. The average molecular weight is 286 g/mol. The van der Waals surface area contributed by atoms with Crippen LogP contribution < -0.4 is 10.6 Å². The lowest BCUT2D eigenvalue weighted by Crippen LogP contribution is -2.28. The number of hydrogen-bond donors (Lipinski definition) is 2. The maximum absolute atomic E-state index is 13.7. The van der Waals surface area contributed by atoms with Crippen molar-refractivity contribution in [2.75, 3.05) is 12.4 Å². The van der Waals surface area contributed by atoms with Gasteiger partial charge in [0, 0.05) is 7.05 Å². The minimum Gasteiger partial charge on any atom is -0.385 e. The molecule has 2 aromatic rings. The third-order valence-electron chi connectivity index (χ3n) is 3.42.